The van der Waals surface area contributed by atoms with Crippen molar-refractivity contribution in [3.8, 4) is 5.75 Å². The SMILES string of the molecule is COc1cccc(CSC2=NS(=O)(=O)c3ccc(C)cc3N2)c1. The molecule has 2 aromatic carbocycles. The third-order valence-electron chi connectivity index (χ3n) is 3.37. The highest BCUT2D eigenvalue weighted by Gasteiger charge is 2.24. The first-order chi connectivity index (χ1) is 11.0. The van der Waals surface area contributed by atoms with Crippen LogP contribution in [-0.2, 0) is 15.8 Å². The van der Waals surface area contributed by atoms with Crippen LogP contribution in [0, 0.1) is 6.92 Å². The lowest BCUT2D eigenvalue weighted by atomic mass is 10.2. The molecule has 5 nitrogen and oxygen atoms in total. The number of hydrogen-bond acceptors (Lipinski definition) is 5. The second-order valence-corrected chi connectivity index (χ2v) is 7.67. The number of nitrogens with one attached hydrogen (secondary N) is 1. The summed E-state index contributed by atoms with van der Waals surface area (Å²) in [6, 6.07) is 12.8. The Kier molecular flexibility index (Phi) is 4.32. The first-order valence-corrected chi connectivity index (χ1v) is 9.39. The van der Waals surface area contributed by atoms with E-state index in [-0.39, 0.29) is 4.90 Å². The number of fused-ring (bicyclic) bond motifs is 1. The monoisotopic (exact) mass is 348 g/mol. The molecule has 1 aliphatic heterocycles. The second-order valence-electron chi connectivity index (χ2n) is 5.14. The summed E-state index contributed by atoms with van der Waals surface area (Å²) in [4.78, 5) is 0.217. The van der Waals surface area contributed by atoms with Crippen LogP contribution < -0.4 is 10.1 Å². The molecule has 0 saturated carbocycles. The lowest BCUT2D eigenvalue weighted by Gasteiger charge is -2.18. The standard InChI is InChI=1S/C16H16N2O3S2/c1-11-6-7-15-14(8-11)17-16(18-23(15,19)20)22-10-12-4-3-5-13(9-12)21-2/h3-9H,10H2,1-2H3,(H,17,18). The van der Waals surface area contributed by atoms with Gasteiger partial charge in [0.1, 0.15) is 10.6 Å². The van der Waals surface area contributed by atoms with Gasteiger partial charge >= 0.3 is 0 Å². The van der Waals surface area contributed by atoms with Crippen LogP contribution in [0.4, 0.5) is 5.69 Å². The minimum absolute atomic E-state index is 0.217. The molecule has 0 aliphatic carbocycles. The average Bonchev–Trinajstić information content (AvgIpc) is 2.52. The van der Waals surface area contributed by atoms with E-state index in [1.807, 2.05) is 37.3 Å². The van der Waals surface area contributed by atoms with Crippen LogP contribution in [0.2, 0.25) is 0 Å². The van der Waals surface area contributed by atoms with Gasteiger partial charge in [-0.25, -0.2) is 0 Å². The maximum absolute atomic E-state index is 12.2. The van der Waals surface area contributed by atoms with Crippen molar-refractivity contribution in [2.45, 2.75) is 17.6 Å². The van der Waals surface area contributed by atoms with Crippen molar-refractivity contribution in [2.75, 3.05) is 12.4 Å². The Hall–Kier alpha value is -1.99. The van der Waals surface area contributed by atoms with Crippen molar-refractivity contribution >= 4 is 32.6 Å². The predicted molar refractivity (Wildman–Crippen MR) is 93.7 cm³/mol. The molecule has 23 heavy (non-hydrogen) atoms. The fraction of sp³-hybridized carbons (Fsp3) is 0.188. The van der Waals surface area contributed by atoms with E-state index in [0.717, 1.165) is 16.9 Å². The molecular formula is C16H16N2O3S2. The minimum Gasteiger partial charge on any atom is -0.497 e. The molecule has 120 valence electrons. The topological polar surface area (TPSA) is 67.8 Å². The van der Waals surface area contributed by atoms with Gasteiger partial charge in [-0.05, 0) is 42.3 Å². The summed E-state index contributed by atoms with van der Waals surface area (Å²) in [6.45, 7) is 1.92. The van der Waals surface area contributed by atoms with Crippen molar-refractivity contribution in [1.82, 2.24) is 0 Å². The van der Waals surface area contributed by atoms with E-state index in [1.54, 1.807) is 19.2 Å². The number of thioether (sulfide) groups is 1. The molecule has 0 spiro atoms. The number of hydrogen-bond donors (Lipinski definition) is 1. The third kappa shape index (κ3) is 3.51. The molecule has 3 rings (SSSR count). The molecule has 7 heteroatoms. The summed E-state index contributed by atoms with van der Waals surface area (Å²) < 4.78 is 33.5. The molecule has 0 bridgehead atoms. The Morgan fingerprint density at radius 1 is 1.22 bits per heavy atom. The Labute approximate surface area is 139 Å². The molecule has 1 N–H and O–H groups in total. The molecule has 0 fully saturated rings. The van der Waals surface area contributed by atoms with Gasteiger partial charge in [0.25, 0.3) is 10.0 Å². The van der Waals surface area contributed by atoms with E-state index in [4.69, 9.17) is 4.74 Å². The van der Waals surface area contributed by atoms with Gasteiger partial charge in [0.15, 0.2) is 5.17 Å². The van der Waals surface area contributed by atoms with E-state index in [1.165, 1.54) is 11.8 Å². The molecule has 0 radical (unpaired) electrons. The number of anilines is 1. The summed E-state index contributed by atoms with van der Waals surface area (Å²) in [5.41, 5.74) is 2.60. The number of nitrogens with zero attached hydrogens (tertiary/aromatic N) is 1. The van der Waals surface area contributed by atoms with Gasteiger partial charge in [0.2, 0.25) is 0 Å². The van der Waals surface area contributed by atoms with Crippen LogP contribution in [0.3, 0.4) is 0 Å². The van der Waals surface area contributed by atoms with Crippen LogP contribution in [0.15, 0.2) is 51.8 Å². The van der Waals surface area contributed by atoms with Crippen molar-refractivity contribution in [1.29, 1.82) is 0 Å². The Bertz CT molecular complexity index is 877. The smallest absolute Gasteiger partial charge is 0.286 e. The van der Waals surface area contributed by atoms with Gasteiger partial charge in [-0.1, -0.05) is 30.0 Å². The number of benzene rings is 2. The molecule has 0 aromatic heterocycles. The van der Waals surface area contributed by atoms with Gasteiger partial charge < -0.3 is 10.1 Å². The van der Waals surface area contributed by atoms with Gasteiger partial charge in [0, 0.05) is 5.75 Å². The lowest BCUT2D eigenvalue weighted by molar-refractivity contribution is 0.414. The van der Waals surface area contributed by atoms with Crippen LogP contribution in [0.25, 0.3) is 0 Å². The average molecular weight is 348 g/mol. The Morgan fingerprint density at radius 2 is 2.04 bits per heavy atom. The number of ether oxygens (including phenoxy) is 1. The van der Waals surface area contributed by atoms with E-state index >= 15 is 0 Å². The summed E-state index contributed by atoms with van der Waals surface area (Å²) >= 11 is 1.35. The maximum atomic E-state index is 12.2. The van der Waals surface area contributed by atoms with E-state index in [2.05, 4.69) is 9.71 Å². The second kappa shape index (κ2) is 6.25. The summed E-state index contributed by atoms with van der Waals surface area (Å²) in [6.07, 6.45) is 0. The number of rotatable bonds is 3. The van der Waals surface area contributed by atoms with E-state index in [0.29, 0.717) is 16.6 Å². The quantitative estimate of drug-likeness (QED) is 0.921. The fourth-order valence-corrected chi connectivity index (χ4v) is 4.40. The molecule has 1 heterocycles. The van der Waals surface area contributed by atoms with Crippen molar-refractivity contribution in [3.05, 3.63) is 53.6 Å². The highest BCUT2D eigenvalue weighted by molar-refractivity contribution is 8.14. The first-order valence-electron chi connectivity index (χ1n) is 6.96. The number of aryl methyl sites for hydroxylation is 1. The zero-order valence-electron chi connectivity index (χ0n) is 12.7. The van der Waals surface area contributed by atoms with E-state index < -0.39 is 10.0 Å². The van der Waals surface area contributed by atoms with E-state index in [9.17, 15) is 8.42 Å². The molecular weight excluding hydrogens is 332 g/mol. The molecule has 0 amide bonds. The highest BCUT2D eigenvalue weighted by Crippen LogP contribution is 2.31. The number of sulfonamides is 1. The predicted octanol–water partition coefficient (Wildman–Crippen LogP) is 3.41. The number of amidine groups is 1. The van der Waals surface area contributed by atoms with Gasteiger partial charge in [-0.2, -0.15) is 8.42 Å². The Balaban J connectivity index is 1.80. The largest absolute Gasteiger partial charge is 0.497 e. The first kappa shape index (κ1) is 15.9. The van der Waals surface area contributed by atoms with Crippen molar-refractivity contribution < 1.29 is 13.2 Å². The summed E-state index contributed by atoms with van der Waals surface area (Å²) in [5, 5.41) is 3.48. The fourth-order valence-electron chi connectivity index (χ4n) is 2.24. The van der Waals surface area contributed by atoms with Crippen molar-refractivity contribution in [2.24, 2.45) is 4.40 Å². The molecule has 2 aromatic rings. The maximum Gasteiger partial charge on any atom is 0.286 e. The molecule has 0 atom stereocenters. The zero-order valence-corrected chi connectivity index (χ0v) is 14.4. The van der Waals surface area contributed by atoms with Crippen LogP contribution in [0.5, 0.6) is 5.75 Å². The zero-order chi connectivity index (χ0) is 16.4. The highest BCUT2D eigenvalue weighted by atomic mass is 32.2. The van der Waals surface area contributed by atoms with Gasteiger partial charge in [0.05, 0.1) is 12.8 Å². The van der Waals surface area contributed by atoms with Crippen LogP contribution in [0.1, 0.15) is 11.1 Å². The Morgan fingerprint density at radius 3 is 2.83 bits per heavy atom. The molecule has 1 aliphatic rings. The van der Waals surface area contributed by atoms with Gasteiger partial charge in [-0.3, -0.25) is 0 Å². The van der Waals surface area contributed by atoms with Crippen LogP contribution >= 0.6 is 11.8 Å². The number of methoxy groups -OCH3 is 1. The van der Waals surface area contributed by atoms with Gasteiger partial charge in [-0.15, -0.1) is 4.40 Å². The third-order valence-corrected chi connectivity index (χ3v) is 5.76. The van der Waals surface area contributed by atoms with Crippen molar-refractivity contribution in [3.63, 3.8) is 0 Å². The van der Waals surface area contributed by atoms with Crippen LogP contribution in [-0.4, -0.2) is 20.7 Å². The molecule has 0 unspecified atom stereocenters. The minimum atomic E-state index is -3.65. The lowest BCUT2D eigenvalue weighted by Crippen LogP contribution is -2.19. The normalized spacial score (nSPS) is 15.3. The summed E-state index contributed by atoms with van der Waals surface area (Å²) in [5.74, 6) is 1.37. The molecule has 0 saturated heterocycles. The summed E-state index contributed by atoms with van der Waals surface area (Å²) in [7, 11) is -2.03.